The summed E-state index contributed by atoms with van der Waals surface area (Å²) in [4.78, 5) is 11.1. The van der Waals surface area contributed by atoms with Crippen LogP contribution in [0, 0.1) is 11.8 Å². The number of ether oxygens (including phenoxy) is 1. The number of carboxylic acid groups (broad SMARTS) is 1. The molecule has 17 heavy (non-hydrogen) atoms. The summed E-state index contributed by atoms with van der Waals surface area (Å²) in [5.74, 6) is -0.585. The van der Waals surface area contributed by atoms with Gasteiger partial charge in [0.25, 0.3) is 0 Å². The molecule has 1 aliphatic heterocycles. The van der Waals surface area contributed by atoms with Crippen molar-refractivity contribution in [3.05, 3.63) is 0 Å². The Kier molecular flexibility index (Phi) is 5.40. The van der Waals surface area contributed by atoms with Crippen LogP contribution in [0.25, 0.3) is 0 Å². The van der Waals surface area contributed by atoms with Gasteiger partial charge in [0.2, 0.25) is 0 Å². The molecule has 4 heteroatoms. The van der Waals surface area contributed by atoms with Crippen molar-refractivity contribution in [3.8, 4) is 0 Å². The Labute approximate surface area is 104 Å². The lowest BCUT2D eigenvalue weighted by atomic mass is 9.96. The van der Waals surface area contributed by atoms with Crippen molar-refractivity contribution in [2.75, 3.05) is 6.54 Å². The van der Waals surface area contributed by atoms with Gasteiger partial charge >= 0.3 is 5.97 Å². The van der Waals surface area contributed by atoms with Gasteiger partial charge in [0.05, 0.1) is 18.1 Å². The SMILES string of the molecule is CC(C)CC(CNC1CC(C)OC1C)C(=O)O. The third kappa shape index (κ3) is 4.64. The zero-order valence-electron chi connectivity index (χ0n) is 11.3. The molecule has 0 aromatic rings. The first-order chi connectivity index (χ1) is 7.90. The number of nitrogens with one attached hydrogen (secondary N) is 1. The van der Waals surface area contributed by atoms with Gasteiger partial charge in [0.15, 0.2) is 0 Å². The van der Waals surface area contributed by atoms with Crippen molar-refractivity contribution >= 4 is 5.97 Å². The molecule has 1 fully saturated rings. The van der Waals surface area contributed by atoms with E-state index in [0.29, 0.717) is 18.5 Å². The van der Waals surface area contributed by atoms with Crippen LogP contribution in [0.4, 0.5) is 0 Å². The number of carbonyl (C=O) groups is 1. The van der Waals surface area contributed by atoms with E-state index < -0.39 is 5.97 Å². The second-order valence-corrected chi connectivity index (χ2v) is 5.57. The fraction of sp³-hybridized carbons (Fsp3) is 0.923. The van der Waals surface area contributed by atoms with Crippen LogP contribution in [0.2, 0.25) is 0 Å². The van der Waals surface area contributed by atoms with Crippen LogP contribution in [0.1, 0.15) is 40.5 Å². The molecule has 0 saturated carbocycles. The largest absolute Gasteiger partial charge is 0.481 e. The average Bonchev–Trinajstić information content (AvgIpc) is 2.51. The van der Waals surface area contributed by atoms with E-state index in [-0.39, 0.29) is 18.1 Å². The highest BCUT2D eigenvalue weighted by Crippen LogP contribution is 2.20. The molecule has 0 aromatic carbocycles. The Morgan fingerprint density at radius 3 is 2.53 bits per heavy atom. The number of rotatable bonds is 6. The summed E-state index contributed by atoms with van der Waals surface area (Å²) in [6, 6.07) is 0.291. The number of aliphatic carboxylic acids is 1. The molecule has 100 valence electrons. The zero-order chi connectivity index (χ0) is 13.0. The molecule has 1 aliphatic rings. The average molecular weight is 243 g/mol. The van der Waals surface area contributed by atoms with E-state index >= 15 is 0 Å². The summed E-state index contributed by atoms with van der Waals surface area (Å²) in [5, 5.41) is 12.5. The molecule has 0 spiro atoms. The molecule has 0 bridgehead atoms. The lowest BCUT2D eigenvalue weighted by Crippen LogP contribution is -2.40. The summed E-state index contributed by atoms with van der Waals surface area (Å²) >= 11 is 0. The van der Waals surface area contributed by atoms with Crippen LogP contribution in [-0.4, -0.2) is 35.9 Å². The summed E-state index contributed by atoms with van der Waals surface area (Å²) in [6.45, 7) is 8.75. The summed E-state index contributed by atoms with van der Waals surface area (Å²) in [7, 11) is 0. The second kappa shape index (κ2) is 6.36. The molecule has 1 heterocycles. The highest BCUT2D eigenvalue weighted by molar-refractivity contribution is 5.70. The standard InChI is InChI=1S/C13H25NO3/c1-8(2)5-11(13(15)16)7-14-12-6-9(3)17-10(12)4/h8-12,14H,5-7H2,1-4H3,(H,15,16). The monoisotopic (exact) mass is 243 g/mol. The van der Waals surface area contributed by atoms with Crippen LogP contribution in [-0.2, 0) is 9.53 Å². The van der Waals surface area contributed by atoms with Crippen LogP contribution < -0.4 is 5.32 Å². The molecule has 0 amide bonds. The molecule has 2 N–H and O–H groups in total. The third-order valence-electron chi connectivity index (χ3n) is 3.33. The predicted octanol–water partition coefficient (Wildman–Crippen LogP) is 1.89. The van der Waals surface area contributed by atoms with Gasteiger partial charge in [0, 0.05) is 12.6 Å². The first-order valence-corrected chi connectivity index (χ1v) is 6.51. The van der Waals surface area contributed by atoms with Crippen LogP contribution in [0.15, 0.2) is 0 Å². The van der Waals surface area contributed by atoms with E-state index in [1.807, 2.05) is 6.92 Å². The molecular weight excluding hydrogens is 218 g/mol. The predicted molar refractivity (Wildman–Crippen MR) is 67.0 cm³/mol. The van der Waals surface area contributed by atoms with Crippen LogP contribution in [0.3, 0.4) is 0 Å². The summed E-state index contributed by atoms with van der Waals surface area (Å²) in [5.41, 5.74) is 0. The summed E-state index contributed by atoms with van der Waals surface area (Å²) < 4.78 is 5.64. The van der Waals surface area contributed by atoms with Crippen molar-refractivity contribution in [2.45, 2.75) is 58.8 Å². The van der Waals surface area contributed by atoms with Crippen molar-refractivity contribution < 1.29 is 14.6 Å². The van der Waals surface area contributed by atoms with E-state index in [9.17, 15) is 4.79 Å². The van der Waals surface area contributed by atoms with E-state index in [2.05, 4.69) is 26.1 Å². The molecule has 1 saturated heterocycles. The summed E-state index contributed by atoms with van der Waals surface area (Å²) in [6.07, 6.45) is 2.14. The third-order valence-corrected chi connectivity index (χ3v) is 3.33. The van der Waals surface area contributed by atoms with Gasteiger partial charge in [-0.2, -0.15) is 0 Å². The molecule has 0 aromatic heterocycles. The highest BCUT2D eigenvalue weighted by atomic mass is 16.5. The molecule has 0 radical (unpaired) electrons. The van der Waals surface area contributed by atoms with Crippen molar-refractivity contribution in [1.29, 1.82) is 0 Å². The Morgan fingerprint density at radius 2 is 2.12 bits per heavy atom. The topological polar surface area (TPSA) is 58.6 Å². The lowest BCUT2D eigenvalue weighted by Gasteiger charge is -2.20. The maximum Gasteiger partial charge on any atom is 0.307 e. The normalized spacial score (nSPS) is 30.8. The van der Waals surface area contributed by atoms with Gasteiger partial charge in [-0.25, -0.2) is 0 Å². The van der Waals surface area contributed by atoms with E-state index in [4.69, 9.17) is 9.84 Å². The van der Waals surface area contributed by atoms with Gasteiger partial charge in [0.1, 0.15) is 0 Å². The van der Waals surface area contributed by atoms with Crippen molar-refractivity contribution in [1.82, 2.24) is 5.32 Å². The maximum absolute atomic E-state index is 11.1. The van der Waals surface area contributed by atoms with Crippen LogP contribution in [0.5, 0.6) is 0 Å². The first kappa shape index (κ1) is 14.5. The van der Waals surface area contributed by atoms with E-state index in [1.165, 1.54) is 0 Å². The minimum Gasteiger partial charge on any atom is -0.481 e. The van der Waals surface area contributed by atoms with Crippen LogP contribution >= 0.6 is 0 Å². The van der Waals surface area contributed by atoms with Gasteiger partial charge in [-0.15, -0.1) is 0 Å². The molecule has 4 nitrogen and oxygen atoms in total. The first-order valence-electron chi connectivity index (χ1n) is 6.51. The minimum atomic E-state index is -0.703. The van der Waals surface area contributed by atoms with E-state index in [1.54, 1.807) is 0 Å². The Morgan fingerprint density at radius 1 is 1.47 bits per heavy atom. The van der Waals surface area contributed by atoms with Gasteiger partial charge in [-0.1, -0.05) is 13.8 Å². The second-order valence-electron chi connectivity index (χ2n) is 5.57. The fourth-order valence-corrected chi connectivity index (χ4v) is 2.45. The Balaban J connectivity index is 2.38. The molecular formula is C13H25NO3. The number of hydrogen-bond donors (Lipinski definition) is 2. The smallest absolute Gasteiger partial charge is 0.307 e. The number of hydrogen-bond acceptors (Lipinski definition) is 3. The van der Waals surface area contributed by atoms with E-state index in [0.717, 1.165) is 12.8 Å². The fourth-order valence-electron chi connectivity index (χ4n) is 2.45. The Hall–Kier alpha value is -0.610. The van der Waals surface area contributed by atoms with Gasteiger partial charge in [-0.3, -0.25) is 4.79 Å². The quantitative estimate of drug-likeness (QED) is 0.748. The zero-order valence-corrected chi connectivity index (χ0v) is 11.3. The maximum atomic E-state index is 11.1. The Bertz CT molecular complexity index is 255. The van der Waals surface area contributed by atoms with Gasteiger partial charge in [-0.05, 0) is 32.6 Å². The molecule has 4 atom stereocenters. The van der Waals surface area contributed by atoms with Crippen molar-refractivity contribution in [3.63, 3.8) is 0 Å². The molecule has 0 aliphatic carbocycles. The molecule has 1 rings (SSSR count). The number of carboxylic acids is 1. The highest BCUT2D eigenvalue weighted by Gasteiger charge is 2.30. The molecule has 4 unspecified atom stereocenters. The van der Waals surface area contributed by atoms with Gasteiger partial charge < -0.3 is 15.2 Å². The minimum absolute atomic E-state index is 0.179. The lowest BCUT2D eigenvalue weighted by molar-refractivity contribution is -0.142. The van der Waals surface area contributed by atoms with Crippen molar-refractivity contribution in [2.24, 2.45) is 11.8 Å².